The highest BCUT2D eigenvalue weighted by atomic mass is 16.2. The van der Waals surface area contributed by atoms with Crippen LogP contribution in [0.2, 0.25) is 0 Å². The molecule has 0 bridgehead atoms. The van der Waals surface area contributed by atoms with Gasteiger partial charge in [0.15, 0.2) is 5.96 Å². The van der Waals surface area contributed by atoms with Crippen LogP contribution in [0, 0.1) is 0 Å². The Hall–Kier alpha value is -2.34. The second kappa shape index (κ2) is 11.2. The van der Waals surface area contributed by atoms with E-state index in [1.807, 2.05) is 11.9 Å². The van der Waals surface area contributed by atoms with Gasteiger partial charge in [0.1, 0.15) is 0 Å². The SMILES string of the molecule is C=C(C)CN1CCC(NC(=NC)NCCCC(=O)N2CCc3ccccc3C2)CC1. The van der Waals surface area contributed by atoms with Gasteiger partial charge in [-0.2, -0.15) is 0 Å². The number of nitrogens with zero attached hydrogens (tertiary/aromatic N) is 3. The van der Waals surface area contributed by atoms with Crippen molar-refractivity contribution in [1.29, 1.82) is 0 Å². The quantitative estimate of drug-likeness (QED) is 0.313. The van der Waals surface area contributed by atoms with Crippen molar-refractivity contribution >= 4 is 11.9 Å². The zero-order valence-corrected chi connectivity index (χ0v) is 18.6. The van der Waals surface area contributed by atoms with Crippen molar-refractivity contribution in [2.45, 2.75) is 51.6 Å². The van der Waals surface area contributed by atoms with Crippen molar-refractivity contribution in [3.05, 3.63) is 47.5 Å². The molecule has 0 radical (unpaired) electrons. The molecule has 0 unspecified atom stereocenters. The van der Waals surface area contributed by atoms with Crippen LogP contribution < -0.4 is 10.6 Å². The van der Waals surface area contributed by atoms with Crippen LogP contribution >= 0.6 is 0 Å². The van der Waals surface area contributed by atoms with Crippen LogP contribution in [0.4, 0.5) is 0 Å². The summed E-state index contributed by atoms with van der Waals surface area (Å²) in [6.45, 7) is 11.6. The summed E-state index contributed by atoms with van der Waals surface area (Å²) in [5, 5.41) is 6.91. The van der Waals surface area contributed by atoms with Crippen molar-refractivity contribution < 1.29 is 4.79 Å². The smallest absolute Gasteiger partial charge is 0.222 e. The largest absolute Gasteiger partial charge is 0.356 e. The molecule has 164 valence electrons. The summed E-state index contributed by atoms with van der Waals surface area (Å²) in [5.74, 6) is 1.09. The number of carbonyl (C=O) groups excluding carboxylic acids is 1. The minimum Gasteiger partial charge on any atom is -0.356 e. The van der Waals surface area contributed by atoms with Crippen LogP contribution in [0.3, 0.4) is 0 Å². The van der Waals surface area contributed by atoms with Crippen LogP contribution in [0.1, 0.15) is 43.7 Å². The molecule has 1 aromatic carbocycles. The first-order valence-corrected chi connectivity index (χ1v) is 11.2. The number of nitrogens with one attached hydrogen (secondary N) is 2. The van der Waals surface area contributed by atoms with Crippen LogP contribution in [0.5, 0.6) is 0 Å². The summed E-state index contributed by atoms with van der Waals surface area (Å²) in [6.07, 6.45) is 4.58. The van der Waals surface area contributed by atoms with E-state index in [9.17, 15) is 4.79 Å². The molecule has 1 saturated heterocycles. The number of guanidine groups is 1. The number of carbonyl (C=O) groups is 1. The van der Waals surface area contributed by atoms with Crippen molar-refractivity contribution in [1.82, 2.24) is 20.4 Å². The summed E-state index contributed by atoms with van der Waals surface area (Å²) in [6, 6.07) is 8.89. The standard InChI is InChI=1S/C24H37N5O/c1-19(2)17-28-14-11-22(12-15-28)27-24(25-3)26-13-6-9-23(30)29-16-10-20-7-4-5-8-21(20)18-29/h4-5,7-8,22H,1,6,9-18H2,2-3H3,(H2,25,26,27). The molecule has 1 aromatic rings. The third-order valence-electron chi connectivity index (χ3n) is 5.99. The average Bonchev–Trinajstić information content (AvgIpc) is 2.76. The first-order valence-electron chi connectivity index (χ1n) is 11.2. The maximum absolute atomic E-state index is 12.6. The van der Waals surface area contributed by atoms with Gasteiger partial charge in [-0.05, 0) is 43.7 Å². The van der Waals surface area contributed by atoms with E-state index in [-0.39, 0.29) is 5.91 Å². The Kier molecular flexibility index (Phi) is 8.31. The van der Waals surface area contributed by atoms with Crippen molar-refractivity contribution in [3.8, 4) is 0 Å². The summed E-state index contributed by atoms with van der Waals surface area (Å²) < 4.78 is 0. The fourth-order valence-corrected chi connectivity index (χ4v) is 4.32. The molecule has 6 heteroatoms. The van der Waals surface area contributed by atoms with E-state index in [1.165, 1.54) is 16.7 Å². The molecule has 2 heterocycles. The Morgan fingerprint density at radius 3 is 2.63 bits per heavy atom. The molecule has 0 aromatic heterocycles. The molecule has 0 spiro atoms. The van der Waals surface area contributed by atoms with Crippen LogP contribution in [-0.2, 0) is 17.8 Å². The lowest BCUT2D eigenvalue weighted by molar-refractivity contribution is -0.132. The number of fused-ring (bicyclic) bond motifs is 1. The number of likely N-dealkylation sites (tertiary alicyclic amines) is 1. The Morgan fingerprint density at radius 1 is 1.20 bits per heavy atom. The Bertz CT molecular complexity index is 752. The van der Waals surface area contributed by atoms with Gasteiger partial charge in [0.2, 0.25) is 5.91 Å². The lowest BCUT2D eigenvalue weighted by Crippen LogP contribution is -2.49. The molecule has 6 nitrogen and oxygen atoms in total. The zero-order valence-electron chi connectivity index (χ0n) is 18.6. The molecule has 0 saturated carbocycles. The zero-order chi connectivity index (χ0) is 21.3. The lowest BCUT2D eigenvalue weighted by atomic mass is 9.99. The molecule has 2 aliphatic heterocycles. The normalized spacial score (nSPS) is 18.1. The van der Waals surface area contributed by atoms with E-state index in [4.69, 9.17) is 0 Å². The third kappa shape index (κ3) is 6.59. The fraction of sp³-hybridized carbons (Fsp3) is 0.583. The highest BCUT2D eigenvalue weighted by Crippen LogP contribution is 2.19. The number of amides is 1. The lowest BCUT2D eigenvalue weighted by Gasteiger charge is -2.33. The van der Waals surface area contributed by atoms with Gasteiger partial charge < -0.3 is 15.5 Å². The maximum atomic E-state index is 12.6. The Morgan fingerprint density at radius 2 is 1.93 bits per heavy atom. The van der Waals surface area contributed by atoms with E-state index in [2.05, 4.69) is 58.3 Å². The van der Waals surface area contributed by atoms with Crippen molar-refractivity contribution in [2.75, 3.05) is 39.8 Å². The molecule has 0 aliphatic carbocycles. The molecule has 1 amide bonds. The summed E-state index contributed by atoms with van der Waals surface area (Å²) in [4.78, 5) is 21.4. The van der Waals surface area contributed by atoms with Gasteiger partial charge in [-0.1, -0.05) is 36.4 Å². The molecule has 1 fully saturated rings. The molecule has 3 rings (SSSR count). The van der Waals surface area contributed by atoms with Crippen molar-refractivity contribution in [2.24, 2.45) is 4.99 Å². The van der Waals surface area contributed by atoms with Crippen LogP contribution in [0.15, 0.2) is 41.4 Å². The first kappa shape index (κ1) is 22.3. The molecule has 0 atom stereocenters. The summed E-state index contributed by atoms with van der Waals surface area (Å²) in [7, 11) is 1.81. The average molecular weight is 412 g/mol. The number of benzene rings is 1. The Labute approximate surface area is 181 Å². The van der Waals surface area contributed by atoms with E-state index in [0.717, 1.165) is 70.9 Å². The molecule has 2 N–H and O–H groups in total. The van der Waals surface area contributed by atoms with Gasteiger partial charge in [-0.25, -0.2) is 0 Å². The molecule has 2 aliphatic rings. The molecular formula is C24H37N5O. The van der Waals surface area contributed by atoms with Crippen molar-refractivity contribution in [3.63, 3.8) is 0 Å². The van der Waals surface area contributed by atoms with Gasteiger partial charge in [0.05, 0.1) is 0 Å². The number of piperidine rings is 1. The van der Waals surface area contributed by atoms with Gasteiger partial charge >= 0.3 is 0 Å². The highest BCUT2D eigenvalue weighted by Gasteiger charge is 2.21. The number of aliphatic imine (C=N–C) groups is 1. The van der Waals surface area contributed by atoms with E-state index in [0.29, 0.717) is 12.5 Å². The van der Waals surface area contributed by atoms with Crippen LogP contribution in [-0.4, -0.2) is 67.5 Å². The third-order valence-corrected chi connectivity index (χ3v) is 5.99. The summed E-state index contributed by atoms with van der Waals surface area (Å²) >= 11 is 0. The van der Waals surface area contributed by atoms with Gasteiger partial charge in [-0.3, -0.25) is 14.7 Å². The molecule has 30 heavy (non-hydrogen) atoms. The minimum atomic E-state index is 0.249. The van der Waals surface area contributed by atoms with Gasteiger partial charge in [0.25, 0.3) is 0 Å². The fourth-order valence-electron chi connectivity index (χ4n) is 4.32. The predicted octanol–water partition coefficient (Wildman–Crippen LogP) is 2.56. The second-order valence-corrected chi connectivity index (χ2v) is 8.59. The van der Waals surface area contributed by atoms with Crippen LogP contribution in [0.25, 0.3) is 0 Å². The minimum absolute atomic E-state index is 0.249. The predicted molar refractivity (Wildman–Crippen MR) is 124 cm³/mol. The molecular weight excluding hydrogens is 374 g/mol. The Balaban J connectivity index is 1.32. The number of rotatable bonds is 7. The topological polar surface area (TPSA) is 60.0 Å². The number of hydrogen-bond acceptors (Lipinski definition) is 3. The van der Waals surface area contributed by atoms with Gasteiger partial charge in [-0.15, -0.1) is 0 Å². The second-order valence-electron chi connectivity index (χ2n) is 8.59. The highest BCUT2D eigenvalue weighted by molar-refractivity contribution is 5.80. The first-order chi connectivity index (χ1) is 14.5. The maximum Gasteiger partial charge on any atom is 0.222 e. The summed E-state index contributed by atoms with van der Waals surface area (Å²) in [5.41, 5.74) is 3.89. The van der Waals surface area contributed by atoms with Gasteiger partial charge in [0, 0.05) is 58.8 Å². The van der Waals surface area contributed by atoms with E-state index in [1.54, 1.807) is 0 Å². The van der Waals surface area contributed by atoms with E-state index >= 15 is 0 Å². The number of hydrogen-bond donors (Lipinski definition) is 2. The van der Waals surface area contributed by atoms with E-state index < -0.39 is 0 Å². The monoisotopic (exact) mass is 411 g/mol.